The van der Waals surface area contributed by atoms with Gasteiger partial charge in [0.1, 0.15) is 5.82 Å². The minimum atomic E-state index is -0.218. The highest BCUT2D eigenvalue weighted by molar-refractivity contribution is 5.43. The van der Waals surface area contributed by atoms with Gasteiger partial charge in [0.05, 0.1) is 0 Å². The summed E-state index contributed by atoms with van der Waals surface area (Å²) in [6.07, 6.45) is 17.2. The summed E-state index contributed by atoms with van der Waals surface area (Å²) >= 11 is 0. The number of hydrogen-bond donors (Lipinski definition) is 0. The average molecular weight is 431 g/mol. The van der Waals surface area contributed by atoms with Crippen LogP contribution in [-0.2, 0) is 0 Å². The molecule has 0 N–H and O–H groups in total. The Kier molecular flexibility index (Phi) is 8.44. The zero-order valence-corrected chi connectivity index (χ0v) is 19.8. The summed E-state index contributed by atoms with van der Waals surface area (Å²) in [4.78, 5) is 0. The van der Waals surface area contributed by atoms with E-state index < -0.39 is 0 Å². The van der Waals surface area contributed by atoms with Crippen LogP contribution >= 0.6 is 0 Å². The second-order valence-corrected chi connectivity index (χ2v) is 10.3. The van der Waals surface area contributed by atoms with E-state index in [1.54, 1.807) is 12.1 Å². The zero-order valence-electron chi connectivity index (χ0n) is 19.8. The smallest absolute Gasteiger partial charge is 0.123 e. The van der Waals surface area contributed by atoms with Crippen molar-refractivity contribution in [2.24, 2.45) is 17.8 Å². The molecule has 0 aromatic heterocycles. The van der Waals surface area contributed by atoms with Crippen LogP contribution in [0, 0.1) is 35.4 Å². The topological polar surface area (TPSA) is 0 Å². The van der Waals surface area contributed by atoms with E-state index in [2.05, 4.69) is 43.0 Å². The minimum Gasteiger partial charge on any atom is -0.207 e. The third-order valence-electron chi connectivity index (χ3n) is 8.12. The van der Waals surface area contributed by atoms with Crippen LogP contribution in [0.25, 0.3) is 0 Å². The van der Waals surface area contributed by atoms with E-state index in [0.717, 1.165) is 34.8 Å². The lowest BCUT2D eigenvalue weighted by molar-refractivity contribution is 0.155. The number of unbranched alkanes of at least 4 members (excludes halogenated alkanes) is 2. The Morgan fingerprint density at radius 3 is 1.78 bits per heavy atom. The van der Waals surface area contributed by atoms with Gasteiger partial charge in [-0.15, -0.1) is 0 Å². The Morgan fingerprint density at radius 2 is 1.22 bits per heavy atom. The highest BCUT2D eigenvalue weighted by Crippen LogP contribution is 2.44. The lowest BCUT2D eigenvalue weighted by Crippen LogP contribution is -2.25. The highest BCUT2D eigenvalue weighted by atomic mass is 19.1. The second-order valence-electron chi connectivity index (χ2n) is 10.3. The highest BCUT2D eigenvalue weighted by Gasteiger charge is 2.31. The summed E-state index contributed by atoms with van der Waals surface area (Å²) in [5.74, 6) is 9.84. The number of halogens is 1. The van der Waals surface area contributed by atoms with Gasteiger partial charge in [-0.3, -0.25) is 0 Å². The van der Waals surface area contributed by atoms with Crippen LogP contribution in [0.5, 0.6) is 0 Å². The van der Waals surface area contributed by atoms with Crippen molar-refractivity contribution < 1.29 is 4.39 Å². The molecule has 2 aliphatic rings. The summed E-state index contributed by atoms with van der Waals surface area (Å²) < 4.78 is 13.0. The molecule has 32 heavy (non-hydrogen) atoms. The van der Waals surface area contributed by atoms with Gasteiger partial charge in [-0.25, -0.2) is 4.39 Å². The fraction of sp³-hybridized carbons (Fsp3) is 0.548. The Morgan fingerprint density at radius 1 is 0.688 bits per heavy atom. The molecule has 170 valence electrons. The molecular weight excluding hydrogens is 391 g/mol. The van der Waals surface area contributed by atoms with Gasteiger partial charge < -0.3 is 0 Å². The van der Waals surface area contributed by atoms with E-state index >= 15 is 0 Å². The van der Waals surface area contributed by atoms with Crippen molar-refractivity contribution in [2.75, 3.05) is 0 Å². The molecule has 2 saturated carbocycles. The molecule has 4 rings (SSSR count). The first-order chi connectivity index (χ1) is 15.7. The molecule has 0 atom stereocenters. The molecular formula is C31H39F. The van der Waals surface area contributed by atoms with Gasteiger partial charge in [0.25, 0.3) is 0 Å². The first kappa shape index (κ1) is 23.1. The van der Waals surface area contributed by atoms with Gasteiger partial charge in [0.15, 0.2) is 0 Å². The Hall–Kier alpha value is -2.07. The third kappa shape index (κ3) is 6.48. The lowest BCUT2D eigenvalue weighted by atomic mass is 9.68. The molecule has 0 bridgehead atoms. The molecule has 0 amide bonds. The molecule has 0 unspecified atom stereocenters. The van der Waals surface area contributed by atoms with Crippen LogP contribution < -0.4 is 0 Å². The Bertz CT molecular complexity index is 867. The largest absolute Gasteiger partial charge is 0.207 e. The summed E-state index contributed by atoms with van der Waals surface area (Å²) in [5, 5.41) is 0. The summed E-state index contributed by atoms with van der Waals surface area (Å²) in [7, 11) is 0. The third-order valence-corrected chi connectivity index (χ3v) is 8.12. The maximum absolute atomic E-state index is 13.0. The monoisotopic (exact) mass is 430 g/mol. The normalized spacial score (nSPS) is 25.7. The van der Waals surface area contributed by atoms with E-state index in [9.17, 15) is 4.39 Å². The van der Waals surface area contributed by atoms with Crippen LogP contribution in [0.3, 0.4) is 0 Å². The standard InChI is InChI=1S/C31H39F/c1-2-3-4-5-24-8-14-27(15-9-24)29-18-20-30(21-19-29)28-16-10-25(11-17-28)6-7-26-12-22-31(32)23-13-26/h10-13,16-17,22-24,27,29-30H,2-5,8-9,14-15,18-21H2,1H3. The minimum absolute atomic E-state index is 0.218. The fourth-order valence-corrected chi connectivity index (χ4v) is 6.07. The lowest BCUT2D eigenvalue weighted by Gasteiger charge is -2.38. The summed E-state index contributed by atoms with van der Waals surface area (Å²) in [5.41, 5.74) is 3.36. The van der Waals surface area contributed by atoms with Gasteiger partial charge in [-0.05, 0) is 104 Å². The van der Waals surface area contributed by atoms with Gasteiger partial charge in [0.2, 0.25) is 0 Å². The molecule has 0 saturated heterocycles. The van der Waals surface area contributed by atoms with E-state index in [0.29, 0.717) is 0 Å². The molecule has 0 aliphatic heterocycles. The summed E-state index contributed by atoms with van der Waals surface area (Å²) in [6, 6.07) is 15.2. The van der Waals surface area contributed by atoms with Crippen molar-refractivity contribution >= 4 is 0 Å². The molecule has 2 aromatic rings. The second kappa shape index (κ2) is 11.7. The molecule has 0 heterocycles. The van der Waals surface area contributed by atoms with E-state index in [1.165, 1.54) is 94.7 Å². The van der Waals surface area contributed by atoms with Crippen molar-refractivity contribution in [2.45, 2.75) is 89.9 Å². The predicted molar refractivity (Wildman–Crippen MR) is 133 cm³/mol. The van der Waals surface area contributed by atoms with Crippen LogP contribution in [-0.4, -0.2) is 0 Å². The van der Waals surface area contributed by atoms with E-state index in [4.69, 9.17) is 0 Å². The number of benzene rings is 2. The van der Waals surface area contributed by atoms with Crippen molar-refractivity contribution in [1.29, 1.82) is 0 Å². The van der Waals surface area contributed by atoms with Crippen LogP contribution in [0.1, 0.15) is 107 Å². The average Bonchev–Trinajstić information content (AvgIpc) is 2.85. The van der Waals surface area contributed by atoms with Crippen molar-refractivity contribution in [3.63, 3.8) is 0 Å². The molecule has 2 fully saturated rings. The van der Waals surface area contributed by atoms with Crippen molar-refractivity contribution in [3.8, 4) is 11.8 Å². The Balaban J connectivity index is 1.23. The van der Waals surface area contributed by atoms with Gasteiger partial charge in [-0.2, -0.15) is 0 Å². The molecule has 1 heteroatoms. The first-order valence-electron chi connectivity index (χ1n) is 13.1. The SMILES string of the molecule is CCCCCC1CCC(C2CCC(c3ccc(C#Cc4ccc(F)cc4)cc3)CC2)CC1. The van der Waals surface area contributed by atoms with E-state index in [-0.39, 0.29) is 5.82 Å². The molecule has 0 nitrogen and oxygen atoms in total. The molecule has 0 radical (unpaired) electrons. The number of rotatable bonds is 6. The maximum Gasteiger partial charge on any atom is 0.123 e. The first-order valence-corrected chi connectivity index (χ1v) is 13.1. The molecule has 2 aromatic carbocycles. The van der Waals surface area contributed by atoms with Gasteiger partial charge in [0, 0.05) is 11.1 Å². The van der Waals surface area contributed by atoms with Gasteiger partial charge in [-0.1, -0.05) is 69.4 Å². The van der Waals surface area contributed by atoms with Crippen LogP contribution in [0.4, 0.5) is 4.39 Å². The van der Waals surface area contributed by atoms with Crippen LogP contribution in [0.2, 0.25) is 0 Å². The zero-order chi connectivity index (χ0) is 22.2. The quantitative estimate of drug-likeness (QED) is 0.317. The molecule has 2 aliphatic carbocycles. The number of hydrogen-bond acceptors (Lipinski definition) is 0. The van der Waals surface area contributed by atoms with E-state index in [1.807, 2.05) is 0 Å². The Labute approximate surface area is 195 Å². The predicted octanol–water partition coefficient (Wildman–Crippen LogP) is 8.89. The van der Waals surface area contributed by atoms with Crippen molar-refractivity contribution in [1.82, 2.24) is 0 Å². The van der Waals surface area contributed by atoms with Crippen molar-refractivity contribution in [3.05, 3.63) is 71.0 Å². The molecule has 0 spiro atoms. The summed E-state index contributed by atoms with van der Waals surface area (Å²) in [6.45, 7) is 2.31. The van der Waals surface area contributed by atoms with Gasteiger partial charge >= 0.3 is 0 Å². The van der Waals surface area contributed by atoms with Crippen LogP contribution in [0.15, 0.2) is 48.5 Å². The maximum atomic E-state index is 13.0. The fourth-order valence-electron chi connectivity index (χ4n) is 6.07.